The predicted octanol–water partition coefficient (Wildman–Crippen LogP) is 2.90. The summed E-state index contributed by atoms with van der Waals surface area (Å²) >= 11 is 0. The van der Waals surface area contributed by atoms with E-state index in [1.165, 1.54) is 0 Å². The molecule has 0 bridgehead atoms. The number of anilines is 1. The summed E-state index contributed by atoms with van der Waals surface area (Å²) in [5.41, 5.74) is 1.89. The van der Waals surface area contributed by atoms with Crippen LogP contribution < -0.4 is 10.0 Å². The Bertz CT molecular complexity index is 541. The van der Waals surface area contributed by atoms with Crippen LogP contribution in [0.1, 0.15) is 44.6 Å². The van der Waals surface area contributed by atoms with Gasteiger partial charge in [0.05, 0.1) is 4.90 Å². The molecule has 0 saturated heterocycles. The van der Waals surface area contributed by atoms with Crippen LogP contribution in [-0.4, -0.2) is 21.5 Å². The van der Waals surface area contributed by atoms with Crippen LogP contribution in [0.2, 0.25) is 0 Å². The van der Waals surface area contributed by atoms with E-state index in [1.807, 2.05) is 12.1 Å². The van der Waals surface area contributed by atoms with Crippen molar-refractivity contribution in [2.24, 2.45) is 0 Å². The van der Waals surface area contributed by atoms with Crippen molar-refractivity contribution < 1.29 is 8.42 Å². The molecule has 1 aromatic carbocycles. The first-order valence-electron chi connectivity index (χ1n) is 7.50. The second-order valence-corrected chi connectivity index (χ2v) is 7.01. The van der Waals surface area contributed by atoms with E-state index in [0.29, 0.717) is 11.4 Å². The van der Waals surface area contributed by atoms with Gasteiger partial charge in [-0.15, -0.1) is 0 Å². The van der Waals surface area contributed by atoms with Crippen molar-refractivity contribution in [3.05, 3.63) is 23.8 Å². The van der Waals surface area contributed by atoms with Crippen LogP contribution in [0.3, 0.4) is 0 Å². The number of hydrogen-bond donors (Lipinski definition) is 2. The summed E-state index contributed by atoms with van der Waals surface area (Å²) in [6.07, 6.45) is 6.11. The quantitative estimate of drug-likeness (QED) is 0.761. The van der Waals surface area contributed by atoms with E-state index < -0.39 is 10.0 Å². The Morgan fingerprint density at radius 1 is 1.25 bits per heavy atom. The van der Waals surface area contributed by atoms with Gasteiger partial charge in [0.1, 0.15) is 0 Å². The Kier molecular flexibility index (Phi) is 5.43. The summed E-state index contributed by atoms with van der Waals surface area (Å²) in [4.78, 5) is 0.442. The zero-order valence-corrected chi connectivity index (χ0v) is 12.9. The number of benzene rings is 1. The topological polar surface area (TPSA) is 58.2 Å². The maximum atomic E-state index is 12.4. The van der Waals surface area contributed by atoms with Gasteiger partial charge in [0, 0.05) is 18.8 Å². The lowest BCUT2D eigenvalue weighted by atomic mass is 10.0. The van der Waals surface area contributed by atoms with Crippen LogP contribution in [0, 0.1) is 0 Å². The molecule has 1 aromatic rings. The van der Waals surface area contributed by atoms with E-state index in [2.05, 4.69) is 17.0 Å². The predicted molar refractivity (Wildman–Crippen MR) is 82.6 cm³/mol. The molecule has 4 nitrogen and oxygen atoms in total. The fraction of sp³-hybridized carbons (Fsp3) is 0.600. The van der Waals surface area contributed by atoms with Gasteiger partial charge in [-0.3, -0.25) is 0 Å². The SMILES string of the molecule is CCCCCCNS(=O)(=O)c1cccc2c1CCCN2. The smallest absolute Gasteiger partial charge is 0.240 e. The summed E-state index contributed by atoms with van der Waals surface area (Å²) in [6.45, 7) is 3.59. The largest absolute Gasteiger partial charge is 0.385 e. The maximum Gasteiger partial charge on any atom is 0.240 e. The molecule has 20 heavy (non-hydrogen) atoms. The van der Waals surface area contributed by atoms with Crippen molar-refractivity contribution in [3.8, 4) is 0 Å². The summed E-state index contributed by atoms with van der Waals surface area (Å²) in [6, 6.07) is 5.47. The molecule has 112 valence electrons. The normalized spacial score (nSPS) is 14.7. The third-order valence-electron chi connectivity index (χ3n) is 3.66. The first kappa shape index (κ1) is 15.3. The molecule has 0 aromatic heterocycles. The van der Waals surface area contributed by atoms with Crippen LogP contribution in [-0.2, 0) is 16.4 Å². The third kappa shape index (κ3) is 3.73. The summed E-state index contributed by atoms with van der Waals surface area (Å²) in [5, 5.41) is 3.27. The van der Waals surface area contributed by atoms with E-state index in [-0.39, 0.29) is 0 Å². The summed E-state index contributed by atoms with van der Waals surface area (Å²) in [7, 11) is -3.38. The van der Waals surface area contributed by atoms with Crippen LogP contribution >= 0.6 is 0 Å². The molecule has 0 spiro atoms. The van der Waals surface area contributed by atoms with Gasteiger partial charge >= 0.3 is 0 Å². The molecule has 2 rings (SSSR count). The van der Waals surface area contributed by atoms with Crippen LogP contribution in [0.4, 0.5) is 5.69 Å². The van der Waals surface area contributed by atoms with Crippen molar-refractivity contribution in [3.63, 3.8) is 0 Å². The van der Waals surface area contributed by atoms with Gasteiger partial charge in [-0.25, -0.2) is 13.1 Å². The highest BCUT2D eigenvalue weighted by molar-refractivity contribution is 7.89. The average Bonchev–Trinajstić information content (AvgIpc) is 2.46. The number of fused-ring (bicyclic) bond motifs is 1. The van der Waals surface area contributed by atoms with Gasteiger partial charge in [0.25, 0.3) is 0 Å². The number of rotatable bonds is 7. The minimum atomic E-state index is -3.38. The molecular weight excluding hydrogens is 272 g/mol. The Morgan fingerprint density at radius 3 is 2.90 bits per heavy atom. The highest BCUT2D eigenvalue weighted by atomic mass is 32.2. The average molecular weight is 296 g/mol. The molecule has 0 saturated carbocycles. The molecule has 0 unspecified atom stereocenters. The molecule has 0 aliphatic carbocycles. The van der Waals surface area contributed by atoms with E-state index >= 15 is 0 Å². The minimum Gasteiger partial charge on any atom is -0.385 e. The summed E-state index contributed by atoms with van der Waals surface area (Å²) < 4.78 is 27.5. The lowest BCUT2D eigenvalue weighted by Gasteiger charge is -2.21. The standard InChI is InChI=1S/C15H24N2O2S/c1-2-3-4-5-12-17-20(18,19)15-10-6-9-14-13(15)8-7-11-16-14/h6,9-10,16-17H,2-5,7-8,11-12H2,1H3. The van der Waals surface area contributed by atoms with Crippen molar-refractivity contribution >= 4 is 15.7 Å². The van der Waals surface area contributed by atoms with E-state index in [4.69, 9.17) is 0 Å². The lowest BCUT2D eigenvalue weighted by Crippen LogP contribution is -2.27. The fourth-order valence-electron chi connectivity index (χ4n) is 2.57. The second kappa shape index (κ2) is 7.09. The van der Waals surface area contributed by atoms with Crippen molar-refractivity contribution in [2.75, 3.05) is 18.4 Å². The molecule has 0 atom stereocenters. The highest BCUT2D eigenvalue weighted by Gasteiger charge is 2.21. The molecule has 1 heterocycles. The number of sulfonamides is 1. The van der Waals surface area contributed by atoms with Gasteiger partial charge in [-0.05, 0) is 37.0 Å². The first-order valence-corrected chi connectivity index (χ1v) is 8.99. The minimum absolute atomic E-state index is 0.442. The van der Waals surface area contributed by atoms with Crippen LogP contribution in [0.25, 0.3) is 0 Å². The zero-order valence-electron chi connectivity index (χ0n) is 12.1. The molecule has 0 radical (unpaired) electrons. The Labute approximate surface area is 122 Å². The van der Waals surface area contributed by atoms with Crippen LogP contribution in [0.5, 0.6) is 0 Å². The van der Waals surface area contributed by atoms with Crippen LogP contribution in [0.15, 0.2) is 23.1 Å². The number of unbranched alkanes of at least 4 members (excludes halogenated alkanes) is 3. The van der Waals surface area contributed by atoms with Gasteiger partial charge in [0.15, 0.2) is 0 Å². The molecule has 5 heteroatoms. The molecule has 0 amide bonds. The van der Waals surface area contributed by atoms with Gasteiger partial charge in [-0.1, -0.05) is 32.3 Å². The zero-order chi connectivity index (χ0) is 14.4. The van der Waals surface area contributed by atoms with Crippen molar-refractivity contribution in [2.45, 2.75) is 50.3 Å². The van der Waals surface area contributed by atoms with E-state index in [0.717, 1.165) is 56.3 Å². The third-order valence-corrected chi connectivity index (χ3v) is 5.21. The number of hydrogen-bond acceptors (Lipinski definition) is 3. The number of nitrogens with one attached hydrogen (secondary N) is 2. The Balaban J connectivity index is 2.06. The van der Waals surface area contributed by atoms with E-state index in [1.54, 1.807) is 6.07 Å². The first-order chi connectivity index (χ1) is 9.65. The molecule has 1 aliphatic rings. The monoisotopic (exact) mass is 296 g/mol. The van der Waals surface area contributed by atoms with Crippen molar-refractivity contribution in [1.29, 1.82) is 0 Å². The maximum absolute atomic E-state index is 12.4. The van der Waals surface area contributed by atoms with Crippen molar-refractivity contribution in [1.82, 2.24) is 4.72 Å². The van der Waals surface area contributed by atoms with Gasteiger partial charge in [-0.2, -0.15) is 0 Å². The Morgan fingerprint density at radius 2 is 2.10 bits per heavy atom. The Hall–Kier alpha value is -1.07. The summed E-state index contributed by atoms with van der Waals surface area (Å²) in [5.74, 6) is 0. The van der Waals surface area contributed by atoms with Gasteiger partial charge in [0.2, 0.25) is 10.0 Å². The van der Waals surface area contributed by atoms with E-state index in [9.17, 15) is 8.42 Å². The fourth-order valence-corrected chi connectivity index (χ4v) is 3.93. The molecule has 0 fully saturated rings. The molecular formula is C15H24N2O2S. The second-order valence-electron chi connectivity index (χ2n) is 5.27. The molecule has 2 N–H and O–H groups in total. The molecule has 1 aliphatic heterocycles. The lowest BCUT2D eigenvalue weighted by molar-refractivity contribution is 0.572. The highest BCUT2D eigenvalue weighted by Crippen LogP contribution is 2.28. The van der Waals surface area contributed by atoms with Gasteiger partial charge < -0.3 is 5.32 Å².